The molecule has 2 bridgehead atoms. The smallest absolute Gasteiger partial charge is 0.306 e. The molecule has 1 N–H and O–H groups in total. The highest BCUT2D eigenvalue weighted by molar-refractivity contribution is 14.1. The van der Waals surface area contributed by atoms with Crippen LogP contribution in [0.5, 0.6) is 0 Å². The average molecular weight is 488 g/mol. The Hall–Kier alpha value is -2.16. The molecule has 2 aliphatic heterocycles. The maximum absolute atomic E-state index is 11.5. The minimum absolute atomic E-state index is 0.199. The molecule has 3 aromatic rings. The first-order chi connectivity index (χ1) is 13.5. The van der Waals surface area contributed by atoms with E-state index in [0.29, 0.717) is 0 Å². The summed E-state index contributed by atoms with van der Waals surface area (Å²) < 4.78 is 2.94. The van der Waals surface area contributed by atoms with Gasteiger partial charge in [0.2, 0.25) is 0 Å². The maximum Gasteiger partial charge on any atom is 0.306 e. The molecule has 1 aromatic carbocycles. The number of pyridine rings is 1. The predicted molar refractivity (Wildman–Crippen MR) is 116 cm³/mol. The molecule has 4 heterocycles. The summed E-state index contributed by atoms with van der Waals surface area (Å²) in [6.07, 6.45) is 4.66. The van der Waals surface area contributed by atoms with Gasteiger partial charge in [0.05, 0.1) is 23.3 Å². The second-order valence-electron chi connectivity index (χ2n) is 7.87. The van der Waals surface area contributed by atoms with Crippen LogP contribution in [0.25, 0.3) is 16.6 Å². The number of aromatic nitrogens is 3. The Kier molecular flexibility index (Phi) is 4.30. The number of hydrogen-bond donors (Lipinski definition) is 1. The van der Waals surface area contributed by atoms with Crippen molar-refractivity contribution in [3.05, 3.63) is 45.8 Å². The third kappa shape index (κ3) is 2.78. The molecule has 144 valence electrons. The van der Waals surface area contributed by atoms with Crippen molar-refractivity contribution in [2.75, 3.05) is 11.4 Å². The molecule has 3 aliphatic rings. The fraction of sp³-hybridized carbons (Fsp3) is 0.381. The van der Waals surface area contributed by atoms with Crippen molar-refractivity contribution in [1.82, 2.24) is 14.8 Å². The first-order valence-corrected chi connectivity index (χ1v) is 10.7. The number of carboxylic acid groups (broad SMARTS) is 1. The van der Waals surface area contributed by atoms with Crippen LogP contribution in [0.2, 0.25) is 0 Å². The highest BCUT2D eigenvalue weighted by atomic mass is 127. The molecule has 0 radical (unpaired) electrons. The Morgan fingerprint density at radius 1 is 1.25 bits per heavy atom. The van der Waals surface area contributed by atoms with Crippen LogP contribution in [0.4, 0.5) is 5.82 Å². The van der Waals surface area contributed by atoms with E-state index in [0.717, 1.165) is 51.9 Å². The minimum Gasteiger partial charge on any atom is -0.481 e. The van der Waals surface area contributed by atoms with Crippen LogP contribution >= 0.6 is 22.6 Å². The average Bonchev–Trinajstić information content (AvgIpc) is 3.06. The molecule has 28 heavy (non-hydrogen) atoms. The van der Waals surface area contributed by atoms with E-state index in [2.05, 4.69) is 58.7 Å². The molecule has 2 saturated heterocycles. The molecule has 1 saturated carbocycles. The van der Waals surface area contributed by atoms with E-state index in [-0.39, 0.29) is 17.9 Å². The number of nitrogens with zero attached hydrogens (tertiary/aromatic N) is 4. The Bertz CT molecular complexity index is 1060. The van der Waals surface area contributed by atoms with E-state index in [1.54, 1.807) is 0 Å². The van der Waals surface area contributed by atoms with Crippen LogP contribution in [0.1, 0.15) is 24.8 Å². The summed E-state index contributed by atoms with van der Waals surface area (Å²) in [5.74, 6) is 0.316. The van der Waals surface area contributed by atoms with Gasteiger partial charge in [-0.05, 0) is 72.4 Å². The van der Waals surface area contributed by atoms with Gasteiger partial charge in [-0.1, -0.05) is 18.2 Å². The van der Waals surface area contributed by atoms with Crippen molar-refractivity contribution in [2.24, 2.45) is 11.8 Å². The number of para-hydroxylation sites is 1. The Morgan fingerprint density at radius 2 is 2.11 bits per heavy atom. The number of aryl methyl sites for hydroxylation is 1. The quantitative estimate of drug-likeness (QED) is 0.564. The van der Waals surface area contributed by atoms with Gasteiger partial charge >= 0.3 is 5.97 Å². The third-order valence-electron chi connectivity index (χ3n) is 6.29. The zero-order valence-electron chi connectivity index (χ0n) is 15.5. The number of halogens is 1. The standard InChI is InChI=1S/C21H21IN4O2/c1-12-3-2-4-16-19(12)26(24-20(16)22)15-7-8-18(23-10-15)25-11-13-5-6-14(25)9-17(13)21(27)28/h2-4,7-8,10,13-14,17H,5-6,9,11H2,1H3,(H,27,28)/t13-,14-,17+/m1/s1. The van der Waals surface area contributed by atoms with Gasteiger partial charge in [-0.15, -0.1) is 0 Å². The number of benzene rings is 1. The Balaban J connectivity index is 1.46. The maximum atomic E-state index is 11.5. The molecule has 0 amide bonds. The first-order valence-electron chi connectivity index (χ1n) is 9.62. The lowest BCUT2D eigenvalue weighted by Gasteiger charge is -2.48. The fourth-order valence-electron chi connectivity index (χ4n) is 4.86. The normalized spacial score (nSPS) is 24.1. The summed E-state index contributed by atoms with van der Waals surface area (Å²) in [6.45, 7) is 2.89. The zero-order chi connectivity index (χ0) is 19.4. The van der Waals surface area contributed by atoms with Crippen LogP contribution in [-0.4, -0.2) is 38.4 Å². The lowest BCUT2D eigenvalue weighted by atomic mass is 9.72. The molecule has 7 heteroatoms. The predicted octanol–water partition coefficient (Wildman–Crippen LogP) is 4.02. The lowest BCUT2D eigenvalue weighted by Crippen LogP contribution is -2.54. The third-order valence-corrected chi connectivity index (χ3v) is 7.08. The summed E-state index contributed by atoms with van der Waals surface area (Å²) in [5.41, 5.74) is 3.24. The molecular formula is C21H21IN4O2. The van der Waals surface area contributed by atoms with Crippen molar-refractivity contribution in [1.29, 1.82) is 0 Å². The number of carboxylic acids is 1. The summed E-state index contributed by atoms with van der Waals surface area (Å²) >= 11 is 2.28. The fourth-order valence-corrected chi connectivity index (χ4v) is 5.51. The van der Waals surface area contributed by atoms with Crippen LogP contribution < -0.4 is 4.90 Å². The van der Waals surface area contributed by atoms with Gasteiger partial charge in [0.1, 0.15) is 9.52 Å². The summed E-state index contributed by atoms with van der Waals surface area (Å²) in [4.78, 5) is 18.5. The van der Waals surface area contributed by atoms with E-state index in [9.17, 15) is 9.90 Å². The van der Waals surface area contributed by atoms with E-state index >= 15 is 0 Å². The summed E-state index contributed by atoms with van der Waals surface area (Å²) in [5, 5.41) is 15.3. The van der Waals surface area contributed by atoms with Gasteiger partial charge in [0, 0.05) is 18.0 Å². The van der Waals surface area contributed by atoms with Crippen LogP contribution in [0.15, 0.2) is 36.5 Å². The molecule has 6 nitrogen and oxygen atoms in total. The number of carbonyl (C=O) groups is 1. The van der Waals surface area contributed by atoms with E-state index in [4.69, 9.17) is 10.1 Å². The van der Waals surface area contributed by atoms with Crippen LogP contribution in [0.3, 0.4) is 0 Å². The molecule has 2 aromatic heterocycles. The number of hydrogen-bond acceptors (Lipinski definition) is 4. The molecule has 3 atom stereocenters. The van der Waals surface area contributed by atoms with Crippen molar-refractivity contribution in [2.45, 2.75) is 32.2 Å². The monoisotopic (exact) mass is 488 g/mol. The number of fused-ring (bicyclic) bond motifs is 4. The number of anilines is 1. The van der Waals surface area contributed by atoms with Crippen LogP contribution in [-0.2, 0) is 4.79 Å². The van der Waals surface area contributed by atoms with Gasteiger partial charge in [-0.25, -0.2) is 9.67 Å². The Morgan fingerprint density at radius 3 is 2.79 bits per heavy atom. The minimum atomic E-state index is -0.645. The van der Waals surface area contributed by atoms with E-state index in [1.807, 2.05) is 16.9 Å². The van der Waals surface area contributed by atoms with Crippen LogP contribution in [0, 0.1) is 22.5 Å². The molecule has 0 spiro atoms. The highest BCUT2D eigenvalue weighted by Crippen LogP contribution is 2.41. The van der Waals surface area contributed by atoms with Gasteiger partial charge in [0.25, 0.3) is 0 Å². The SMILES string of the molecule is Cc1cccc2c(I)nn(-c3ccc(N4C[C@H]5CC[C@@H]4C[C@@H]5C(=O)O)nc3)c12. The molecule has 1 aliphatic carbocycles. The molecule has 0 unspecified atom stereocenters. The molecule has 3 fully saturated rings. The molecular weight excluding hydrogens is 467 g/mol. The second-order valence-corrected chi connectivity index (χ2v) is 8.89. The molecule has 6 rings (SSSR count). The number of piperidine rings is 2. The van der Waals surface area contributed by atoms with Gasteiger partial charge < -0.3 is 10.0 Å². The van der Waals surface area contributed by atoms with E-state index in [1.165, 1.54) is 5.56 Å². The number of aliphatic carboxylic acids is 1. The Labute approximate surface area is 176 Å². The highest BCUT2D eigenvalue weighted by Gasteiger charge is 2.44. The van der Waals surface area contributed by atoms with Gasteiger partial charge in [0.15, 0.2) is 0 Å². The van der Waals surface area contributed by atoms with Crippen molar-refractivity contribution in [3.8, 4) is 5.69 Å². The van der Waals surface area contributed by atoms with E-state index < -0.39 is 5.97 Å². The number of rotatable bonds is 3. The largest absolute Gasteiger partial charge is 0.481 e. The second kappa shape index (κ2) is 6.72. The topological polar surface area (TPSA) is 71.2 Å². The zero-order valence-corrected chi connectivity index (χ0v) is 17.7. The van der Waals surface area contributed by atoms with Crippen molar-refractivity contribution < 1.29 is 9.90 Å². The van der Waals surface area contributed by atoms with Gasteiger partial charge in [-0.2, -0.15) is 5.10 Å². The first kappa shape index (κ1) is 17.9. The summed E-state index contributed by atoms with van der Waals surface area (Å²) in [7, 11) is 0. The van der Waals surface area contributed by atoms with Crippen molar-refractivity contribution in [3.63, 3.8) is 0 Å². The van der Waals surface area contributed by atoms with Crippen molar-refractivity contribution >= 4 is 45.3 Å². The van der Waals surface area contributed by atoms with Gasteiger partial charge in [-0.3, -0.25) is 4.79 Å². The summed E-state index contributed by atoms with van der Waals surface area (Å²) in [6, 6.07) is 10.6. The lowest BCUT2D eigenvalue weighted by molar-refractivity contribution is -0.145.